The normalized spacial score (nSPS) is 14.0. The first-order chi connectivity index (χ1) is 10.3. The van der Waals surface area contributed by atoms with E-state index < -0.39 is 0 Å². The minimum atomic E-state index is 0.0947. The molecule has 0 saturated carbocycles. The highest BCUT2D eigenvalue weighted by Gasteiger charge is 2.24. The number of nitrogens with zero attached hydrogens (tertiary/aromatic N) is 2. The van der Waals surface area contributed by atoms with Gasteiger partial charge in [-0.2, -0.15) is 16.3 Å². The van der Waals surface area contributed by atoms with Crippen LogP contribution in [0.25, 0.3) is 11.4 Å². The van der Waals surface area contributed by atoms with Crippen molar-refractivity contribution in [1.29, 1.82) is 0 Å². The van der Waals surface area contributed by atoms with Crippen molar-refractivity contribution in [3.63, 3.8) is 0 Å². The molecule has 0 amide bonds. The molecular formula is C16H17N3OS. The molecule has 1 N–H and O–H groups in total. The van der Waals surface area contributed by atoms with Crippen molar-refractivity contribution < 1.29 is 4.52 Å². The molecule has 0 saturated heterocycles. The fourth-order valence-corrected chi connectivity index (χ4v) is 3.07. The highest BCUT2D eigenvalue weighted by atomic mass is 32.1. The Morgan fingerprint density at radius 3 is 2.67 bits per heavy atom. The van der Waals surface area contributed by atoms with Crippen LogP contribution in [0.5, 0.6) is 0 Å². The van der Waals surface area contributed by atoms with Crippen LogP contribution < -0.4 is 5.32 Å². The zero-order valence-corrected chi connectivity index (χ0v) is 12.8. The number of hydrogen-bond donors (Lipinski definition) is 1. The lowest BCUT2D eigenvalue weighted by atomic mass is 9.94. The van der Waals surface area contributed by atoms with Gasteiger partial charge < -0.3 is 9.84 Å². The molecule has 2 atom stereocenters. The zero-order chi connectivity index (χ0) is 14.7. The topological polar surface area (TPSA) is 51.0 Å². The second-order valence-electron chi connectivity index (χ2n) is 4.93. The fourth-order valence-electron chi connectivity index (χ4n) is 2.44. The molecule has 5 heteroatoms. The van der Waals surface area contributed by atoms with Crippen LogP contribution in [0, 0.1) is 0 Å². The average molecular weight is 299 g/mol. The highest BCUT2D eigenvalue weighted by molar-refractivity contribution is 7.08. The van der Waals surface area contributed by atoms with E-state index in [2.05, 4.69) is 34.5 Å². The summed E-state index contributed by atoms with van der Waals surface area (Å²) in [4.78, 5) is 4.54. The largest absolute Gasteiger partial charge is 0.339 e. The van der Waals surface area contributed by atoms with Gasteiger partial charge in [-0.15, -0.1) is 0 Å². The SMILES string of the molecule is CNC(c1ccccc1)C(C)c1nc(-c2ccsc2)no1. The molecule has 0 aliphatic rings. The maximum Gasteiger partial charge on any atom is 0.231 e. The minimum absolute atomic E-state index is 0.0947. The second kappa shape index (κ2) is 6.20. The van der Waals surface area contributed by atoms with Crippen LogP contribution in [0.2, 0.25) is 0 Å². The third-order valence-electron chi connectivity index (χ3n) is 3.58. The standard InChI is InChI=1S/C16H17N3OS/c1-11(14(17-2)12-6-4-3-5-7-12)16-18-15(19-20-16)13-8-9-21-10-13/h3-11,14,17H,1-2H3. The molecule has 2 unspecified atom stereocenters. The molecule has 21 heavy (non-hydrogen) atoms. The Hall–Kier alpha value is -1.98. The van der Waals surface area contributed by atoms with Crippen LogP contribution in [-0.2, 0) is 0 Å². The van der Waals surface area contributed by atoms with Crippen LogP contribution in [0.15, 0.2) is 51.7 Å². The number of benzene rings is 1. The predicted octanol–water partition coefficient (Wildman–Crippen LogP) is 3.86. The van der Waals surface area contributed by atoms with Gasteiger partial charge in [0, 0.05) is 17.0 Å². The van der Waals surface area contributed by atoms with Crippen molar-refractivity contribution in [3.8, 4) is 11.4 Å². The van der Waals surface area contributed by atoms with E-state index in [0.29, 0.717) is 11.7 Å². The molecule has 0 fully saturated rings. The van der Waals surface area contributed by atoms with Gasteiger partial charge in [0.1, 0.15) is 0 Å². The number of rotatable bonds is 5. The molecule has 2 aromatic heterocycles. The zero-order valence-electron chi connectivity index (χ0n) is 12.0. The summed E-state index contributed by atoms with van der Waals surface area (Å²) in [6.45, 7) is 2.10. The van der Waals surface area contributed by atoms with Gasteiger partial charge in [-0.3, -0.25) is 0 Å². The Morgan fingerprint density at radius 1 is 1.19 bits per heavy atom. The van der Waals surface area contributed by atoms with E-state index in [4.69, 9.17) is 4.52 Å². The lowest BCUT2D eigenvalue weighted by Crippen LogP contribution is -2.22. The van der Waals surface area contributed by atoms with Gasteiger partial charge in [-0.25, -0.2) is 0 Å². The molecule has 0 radical (unpaired) electrons. The number of hydrogen-bond acceptors (Lipinski definition) is 5. The van der Waals surface area contributed by atoms with Gasteiger partial charge >= 0.3 is 0 Å². The number of nitrogens with one attached hydrogen (secondary N) is 1. The molecule has 0 aliphatic carbocycles. The molecule has 0 bridgehead atoms. The molecule has 3 aromatic rings. The van der Waals surface area contributed by atoms with Gasteiger partial charge in [0.2, 0.25) is 11.7 Å². The molecule has 2 heterocycles. The van der Waals surface area contributed by atoms with Crippen molar-refractivity contribution in [2.24, 2.45) is 0 Å². The van der Waals surface area contributed by atoms with Crippen molar-refractivity contribution in [1.82, 2.24) is 15.5 Å². The van der Waals surface area contributed by atoms with Gasteiger partial charge in [0.15, 0.2) is 0 Å². The summed E-state index contributed by atoms with van der Waals surface area (Å²) >= 11 is 1.63. The van der Waals surface area contributed by atoms with Gasteiger partial charge in [0.25, 0.3) is 0 Å². The second-order valence-corrected chi connectivity index (χ2v) is 5.71. The summed E-state index contributed by atoms with van der Waals surface area (Å²) in [5.41, 5.74) is 2.21. The van der Waals surface area contributed by atoms with E-state index in [-0.39, 0.29) is 12.0 Å². The first kappa shape index (κ1) is 14.0. The summed E-state index contributed by atoms with van der Waals surface area (Å²) in [5, 5.41) is 11.4. The first-order valence-electron chi connectivity index (χ1n) is 6.88. The molecule has 4 nitrogen and oxygen atoms in total. The third kappa shape index (κ3) is 2.89. The lowest BCUT2D eigenvalue weighted by Gasteiger charge is -2.21. The van der Waals surface area contributed by atoms with E-state index in [0.717, 1.165) is 5.56 Å². The molecule has 1 aromatic carbocycles. The summed E-state index contributed by atoms with van der Waals surface area (Å²) in [6, 6.07) is 12.4. The van der Waals surface area contributed by atoms with Crippen LogP contribution in [-0.4, -0.2) is 17.2 Å². The van der Waals surface area contributed by atoms with E-state index >= 15 is 0 Å². The van der Waals surface area contributed by atoms with Crippen LogP contribution >= 0.6 is 11.3 Å². The van der Waals surface area contributed by atoms with Crippen LogP contribution in [0.1, 0.15) is 30.3 Å². The van der Waals surface area contributed by atoms with E-state index in [1.54, 1.807) is 11.3 Å². The van der Waals surface area contributed by atoms with Gasteiger partial charge in [-0.05, 0) is 24.1 Å². The average Bonchev–Trinajstić information content (AvgIpc) is 3.20. The van der Waals surface area contributed by atoms with E-state index in [1.165, 1.54) is 5.56 Å². The Morgan fingerprint density at radius 2 is 2.00 bits per heavy atom. The Labute approximate surface area is 127 Å². The maximum absolute atomic E-state index is 5.46. The van der Waals surface area contributed by atoms with Crippen LogP contribution in [0.3, 0.4) is 0 Å². The van der Waals surface area contributed by atoms with Crippen molar-refractivity contribution in [3.05, 3.63) is 58.6 Å². The monoisotopic (exact) mass is 299 g/mol. The third-order valence-corrected chi connectivity index (χ3v) is 4.26. The summed E-state index contributed by atoms with van der Waals surface area (Å²) in [5.74, 6) is 1.40. The summed E-state index contributed by atoms with van der Waals surface area (Å²) in [6.07, 6.45) is 0. The molecular weight excluding hydrogens is 282 g/mol. The summed E-state index contributed by atoms with van der Waals surface area (Å²) < 4.78 is 5.46. The van der Waals surface area contributed by atoms with Crippen molar-refractivity contribution >= 4 is 11.3 Å². The Kier molecular flexibility index (Phi) is 4.13. The molecule has 3 rings (SSSR count). The first-order valence-corrected chi connectivity index (χ1v) is 7.82. The number of likely N-dealkylation sites (N-methyl/N-ethyl adjacent to an activating group) is 1. The minimum Gasteiger partial charge on any atom is -0.339 e. The Bertz CT molecular complexity index is 679. The number of aromatic nitrogens is 2. The van der Waals surface area contributed by atoms with E-state index in [1.807, 2.05) is 42.1 Å². The highest BCUT2D eigenvalue weighted by Crippen LogP contribution is 2.30. The van der Waals surface area contributed by atoms with Crippen LogP contribution in [0.4, 0.5) is 0 Å². The Balaban J connectivity index is 1.86. The molecule has 0 spiro atoms. The molecule has 108 valence electrons. The number of thiophene rings is 1. The van der Waals surface area contributed by atoms with Crippen molar-refractivity contribution in [2.45, 2.75) is 18.9 Å². The molecule has 0 aliphatic heterocycles. The van der Waals surface area contributed by atoms with Gasteiger partial charge in [0.05, 0.1) is 5.92 Å². The maximum atomic E-state index is 5.46. The quantitative estimate of drug-likeness (QED) is 0.777. The van der Waals surface area contributed by atoms with Crippen molar-refractivity contribution in [2.75, 3.05) is 7.05 Å². The smallest absolute Gasteiger partial charge is 0.231 e. The summed E-state index contributed by atoms with van der Waals surface area (Å²) in [7, 11) is 1.95. The lowest BCUT2D eigenvalue weighted by molar-refractivity contribution is 0.332. The van der Waals surface area contributed by atoms with E-state index in [9.17, 15) is 0 Å². The predicted molar refractivity (Wildman–Crippen MR) is 84.3 cm³/mol. The van der Waals surface area contributed by atoms with Gasteiger partial charge in [-0.1, -0.05) is 42.4 Å². The fraction of sp³-hybridized carbons (Fsp3) is 0.250.